The van der Waals surface area contributed by atoms with Gasteiger partial charge in [-0.25, -0.2) is 0 Å². The molecule has 1 rings (SSSR count). The SMILES string of the molecule is O=C(O)CCCCC(=O)OCC1(CO)CCCCC1. The molecule has 1 fully saturated rings. The summed E-state index contributed by atoms with van der Waals surface area (Å²) in [6.45, 7) is 0.362. The van der Waals surface area contributed by atoms with Gasteiger partial charge >= 0.3 is 11.9 Å². The number of carboxylic acids is 1. The molecule has 0 aromatic carbocycles. The second-order valence-electron chi connectivity index (χ2n) is 5.48. The lowest BCUT2D eigenvalue weighted by molar-refractivity contribution is -0.149. The third-order valence-corrected chi connectivity index (χ3v) is 3.81. The van der Waals surface area contributed by atoms with Crippen molar-refractivity contribution in [1.82, 2.24) is 0 Å². The van der Waals surface area contributed by atoms with E-state index in [1.807, 2.05) is 0 Å². The van der Waals surface area contributed by atoms with Gasteiger partial charge in [-0.05, 0) is 25.7 Å². The van der Waals surface area contributed by atoms with Crippen LogP contribution < -0.4 is 0 Å². The van der Waals surface area contributed by atoms with Crippen LogP contribution in [-0.4, -0.2) is 35.4 Å². The molecule has 0 atom stereocenters. The van der Waals surface area contributed by atoms with Crippen LogP contribution in [-0.2, 0) is 14.3 Å². The van der Waals surface area contributed by atoms with E-state index in [9.17, 15) is 14.7 Å². The predicted octanol–water partition coefficient (Wildman–Crippen LogP) is 2.12. The van der Waals surface area contributed by atoms with Crippen LogP contribution in [0, 0.1) is 5.41 Å². The normalized spacial score (nSPS) is 17.9. The fourth-order valence-electron chi connectivity index (χ4n) is 2.50. The summed E-state index contributed by atoms with van der Waals surface area (Å²) in [5.74, 6) is -1.13. The van der Waals surface area contributed by atoms with Crippen molar-refractivity contribution in [2.75, 3.05) is 13.2 Å². The van der Waals surface area contributed by atoms with E-state index in [-0.39, 0.29) is 30.8 Å². The summed E-state index contributed by atoms with van der Waals surface area (Å²) >= 11 is 0. The number of ether oxygens (including phenoxy) is 1. The number of hydrogen-bond acceptors (Lipinski definition) is 4. The Kier molecular flexibility index (Phi) is 6.84. The number of esters is 1. The van der Waals surface area contributed by atoms with Crippen molar-refractivity contribution in [1.29, 1.82) is 0 Å². The highest BCUT2D eigenvalue weighted by atomic mass is 16.5. The molecule has 5 nitrogen and oxygen atoms in total. The van der Waals surface area contributed by atoms with Gasteiger partial charge in [-0.3, -0.25) is 9.59 Å². The highest BCUT2D eigenvalue weighted by molar-refractivity contribution is 5.69. The van der Waals surface area contributed by atoms with E-state index in [0.717, 1.165) is 25.7 Å². The van der Waals surface area contributed by atoms with E-state index in [4.69, 9.17) is 9.84 Å². The van der Waals surface area contributed by atoms with Gasteiger partial charge in [0.1, 0.15) is 0 Å². The minimum Gasteiger partial charge on any atom is -0.481 e. The summed E-state index contributed by atoms with van der Waals surface area (Å²) in [5, 5.41) is 17.9. The molecule has 0 aromatic rings. The number of carbonyl (C=O) groups excluding carboxylic acids is 1. The number of hydrogen-bond donors (Lipinski definition) is 2. The largest absolute Gasteiger partial charge is 0.481 e. The van der Waals surface area contributed by atoms with Crippen molar-refractivity contribution < 1.29 is 24.5 Å². The second kappa shape index (κ2) is 8.15. The fourth-order valence-corrected chi connectivity index (χ4v) is 2.50. The molecule has 19 heavy (non-hydrogen) atoms. The van der Waals surface area contributed by atoms with Crippen LogP contribution in [0.25, 0.3) is 0 Å². The number of aliphatic hydroxyl groups excluding tert-OH is 1. The number of unbranched alkanes of at least 4 members (excludes halogenated alkanes) is 1. The number of rotatable bonds is 8. The van der Waals surface area contributed by atoms with Gasteiger partial charge in [0, 0.05) is 18.3 Å². The first kappa shape index (κ1) is 16.0. The molecule has 1 aliphatic rings. The highest BCUT2D eigenvalue weighted by Gasteiger charge is 2.32. The molecular formula is C14H24O5. The van der Waals surface area contributed by atoms with Crippen molar-refractivity contribution in [2.24, 2.45) is 5.41 Å². The molecule has 2 N–H and O–H groups in total. The highest BCUT2D eigenvalue weighted by Crippen LogP contribution is 2.36. The predicted molar refractivity (Wildman–Crippen MR) is 69.7 cm³/mol. The monoisotopic (exact) mass is 272 g/mol. The van der Waals surface area contributed by atoms with E-state index >= 15 is 0 Å². The van der Waals surface area contributed by atoms with Crippen LogP contribution in [0.5, 0.6) is 0 Å². The summed E-state index contributed by atoms with van der Waals surface area (Å²) in [4.78, 5) is 21.9. The van der Waals surface area contributed by atoms with Crippen LogP contribution in [0.1, 0.15) is 57.8 Å². The Morgan fingerprint density at radius 2 is 1.68 bits per heavy atom. The smallest absolute Gasteiger partial charge is 0.305 e. The zero-order valence-corrected chi connectivity index (χ0v) is 11.4. The molecule has 0 bridgehead atoms. The molecular weight excluding hydrogens is 248 g/mol. The van der Waals surface area contributed by atoms with Crippen LogP contribution in [0.4, 0.5) is 0 Å². The number of aliphatic carboxylic acids is 1. The topological polar surface area (TPSA) is 83.8 Å². The third kappa shape index (κ3) is 6.05. The van der Waals surface area contributed by atoms with Gasteiger partial charge in [0.2, 0.25) is 0 Å². The number of carbonyl (C=O) groups is 2. The lowest BCUT2D eigenvalue weighted by atomic mass is 9.75. The molecule has 0 aliphatic heterocycles. The van der Waals surface area contributed by atoms with Gasteiger partial charge in [-0.1, -0.05) is 19.3 Å². The van der Waals surface area contributed by atoms with E-state index in [1.54, 1.807) is 0 Å². The van der Waals surface area contributed by atoms with Crippen molar-refractivity contribution in [3.8, 4) is 0 Å². The molecule has 0 aromatic heterocycles. The van der Waals surface area contributed by atoms with Gasteiger partial charge in [-0.2, -0.15) is 0 Å². The minimum atomic E-state index is -0.838. The molecule has 0 unspecified atom stereocenters. The maximum absolute atomic E-state index is 11.5. The Labute approximate surface area is 114 Å². The molecule has 5 heteroatoms. The van der Waals surface area contributed by atoms with Crippen LogP contribution >= 0.6 is 0 Å². The van der Waals surface area contributed by atoms with Crippen LogP contribution in [0.2, 0.25) is 0 Å². The molecule has 0 radical (unpaired) electrons. The zero-order valence-electron chi connectivity index (χ0n) is 11.4. The number of aliphatic hydroxyl groups is 1. The van der Waals surface area contributed by atoms with Crippen LogP contribution in [0.3, 0.4) is 0 Å². The quantitative estimate of drug-likeness (QED) is 0.522. The standard InChI is InChI=1S/C14H24O5/c15-10-14(8-4-1-5-9-14)11-19-13(18)7-3-2-6-12(16)17/h15H,1-11H2,(H,16,17). The molecule has 1 aliphatic carbocycles. The first-order valence-electron chi connectivity index (χ1n) is 7.06. The van der Waals surface area contributed by atoms with Gasteiger partial charge in [0.15, 0.2) is 0 Å². The lowest BCUT2D eigenvalue weighted by Gasteiger charge is -2.34. The Morgan fingerprint density at radius 3 is 2.26 bits per heavy atom. The summed E-state index contributed by atoms with van der Waals surface area (Å²) in [6.07, 6.45) is 6.55. The van der Waals surface area contributed by atoms with E-state index < -0.39 is 5.97 Å². The average Bonchev–Trinajstić information content (AvgIpc) is 2.42. The van der Waals surface area contributed by atoms with Crippen molar-refractivity contribution in [2.45, 2.75) is 57.8 Å². The lowest BCUT2D eigenvalue weighted by Crippen LogP contribution is -2.34. The van der Waals surface area contributed by atoms with Gasteiger partial charge in [0.05, 0.1) is 13.2 Å². The maximum Gasteiger partial charge on any atom is 0.305 e. The van der Waals surface area contributed by atoms with Gasteiger partial charge in [-0.15, -0.1) is 0 Å². The summed E-state index contributed by atoms with van der Waals surface area (Å²) in [5.41, 5.74) is -0.241. The summed E-state index contributed by atoms with van der Waals surface area (Å²) < 4.78 is 5.24. The van der Waals surface area contributed by atoms with Gasteiger partial charge < -0.3 is 14.9 Å². The zero-order chi connectivity index (χ0) is 14.1. The van der Waals surface area contributed by atoms with E-state index in [0.29, 0.717) is 19.4 Å². The summed E-state index contributed by atoms with van der Waals surface area (Å²) in [7, 11) is 0. The average molecular weight is 272 g/mol. The molecule has 0 spiro atoms. The molecule has 110 valence electrons. The van der Waals surface area contributed by atoms with Crippen molar-refractivity contribution >= 4 is 11.9 Å². The van der Waals surface area contributed by atoms with E-state index in [1.165, 1.54) is 6.42 Å². The minimum absolute atomic E-state index is 0.0687. The molecule has 1 saturated carbocycles. The number of carboxylic acid groups (broad SMARTS) is 1. The Bertz CT molecular complexity index is 294. The second-order valence-corrected chi connectivity index (χ2v) is 5.48. The van der Waals surface area contributed by atoms with Crippen molar-refractivity contribution in [3.05, 3.63) is 0 Å². The fraction of sp³-hybridized carbons (Fsp3) is 0.857. The molecule has 0 saturated heterocycles. The molecule has 0 heterocycles. The first-order valence-corrected chi connectivity index (χ1v) is 7.06. The Balaban J connectivity index is 2.19. The van der Waals surface area contributed by atoms with Crippen LogP contribution in [0.15, 0.2) is 0 Å². The Hall–Kier alpha value is -1.10. The van der Waals surface area contributed by atoms with E-state index in [2.05, 4.69) is 0 Å². The Morgan fingerprint density at radius 1 is 1.05 bits per heavy atom. The summed E-state index contributed by atoms with van der Waals surface area (Å²) in [6, 6.07) is 0. The third-order valence-electron chi connectivity index (χ3n) is 3.81. The molecule has 0 amide bonds. The maximum atomic E-state index is 11.5. The van der Waals surface area contributed by atoms with Crippen molar-refractivity contribution in [3.63, 3.8) is 0 Å². The first-order chi connectivity index (χ1) is 9.08. The van der Waals surface area contributed by atoms with Gasteiger partial charge in [0.25, 0.3) is 0 Å².